The zero-order chi connectivity index (χ0) is 5.54. The summed E-state index contributed by atoms with van der Waals surface area (Å²) in [7, 11) is 0. The predicted octanol–water partition coefficient (Wildman–Crippen LogP) is 1.63. The van der Waals surface area contributed by atoms with Crippen molar-refractivity contribution in [1.29, 1.82) is 0 Å². The molecule has 0 aliphatic carbocycles. The second kappa shape index (κ2) is 6.05. The minimum Gasteiger partial charge on any atom is -0.302 e. The number of carbonyl (C=O) groups excluding carboxylic acids is 1. The number of halogens is 1. The van der Waals surface area contributed by atoms with E-state index in [-0.39, 0.29) is 0 Å². The first-order chi connectivity index (χ1) is 3.41. The van der Waals surface area contributed by atoms with Crippen molar-refractivity contribution in [3.63, 3.8) is 0 Å². The fourth-order valence-electron chi connectivity index (χ4n) is 0.131. The van der Waals surface area contributed by atoms with Gasteiger partial charge < -0.3 is 4.79 Å². The van der Waals surface area contributed by atoms with Gasteiger partial charge in [-0.3, -0.25) is 0 Å². The second-order valence-electron chi connectivity index (χ2n) is 0.762. The van der Waals surface area contributed by atoms with E-state index in [2.05, 4.69) is 0 Å². The van der Waals surface area contributed by atoms with Crippen LogP contribution < -0.4 is 0 Å². The summed E-state index contributed by atoms with van der Waals surface area (Å²) in [6.45, 7) is 0. The molecule has 0 amide bonds. The van der Waals surface area contributed by atoms with Crippen LogP contribution in [-0.2, 0) is 4.79 Å². The van der Waals surface area contributed by atoms with Gasteiger partial charge in [-0.25, -0.2) is 0 Å². The number of hydrogen-bond donors (Lipinski definition) is 0. The molecule has 0 spiro atoms. The number of aldehydes is 1. The molecular weight excluding hydrogens is 132 g/mol. The Labute approximate surface area is 51.7 Å². The quantitative estimate of drug-likeness (QED) is 0.433. The molecule has 7 heavy (non-hydrogen) atoms. The minimum absolute atomic E-state index is 0.489. The molecule has 0 N–H and O–H groups in total. The average molecular weight is 137 g/mol. The largest absolute Gasteiger partial charge is 0.302 e. The molecule has 0 aromatic carbocycles. The summed E-state index contributed by atoms with van der Waals surface area (Å²) < 4.78 is 0. The van der Waals surface area contributed by atoms with Crippen molar-refractivity contribution < 1.29 is 4.79 Å². The van der Waals surface area contributed by atoms with Gasteiger partial charge in [0, 0.05) is 5.54 Å². The van der Waals surface area contributed by atoms with E-state index in [9.17, 15) is 4.79 Å². The van der Waals surface area contributed by atoms with Crippen LogP contribution in [0.2, 0.25) is 0 Å². The zero-order valence-electron chi connectivity index (χ0n) is 3.63. The highest BCUT2D eigenvalue weighted by molar-refractivity contribution is 8.02. The lowest BCUT2D eigenvalue weighted by molar-refractivity contribution is -0.105. The van der Waals surface area contributed by atoms with Gasteiger partial charge in [0.05, 0.1) is 5.75 Å². The SMILES string of the molecule is O=CCS/C=C/Cl. The smallest absolute Gasteiger partial charge is 0.130 e. The first-order valence-electron chi connectivity index (χ1n) is 1.72. The Balaban J connectivity index is 2.82. The third kappa shape index (κ3) is 6.05. The Kier molecular flexibility index (Phi) is 6.09. The van der Waals surface area contributed by atoms with Crippen LogP contribution in [0, 0.1) is 0 Å². The lowest BCUT2D eigenvalue weighted by Crippen LogP contribution is -1.70. The van der Waals surface area contributed by atoms with Crippen LogP contribution in [0.4, 0.5) is 0 Å². The van der Waals surface area contributed by atoms with Crippen molar-refractivity contribution in [2.75, 3.05) is 5.75 Å². The van der Waals surface area contributed by atoms with Gasteiger partial charge in [-0.05, 0) is 5.41 Å². The summed E-state index contributed by atoms with van der Waals surface area (Å²) in [5.74, 6) is 0.489. The zero-order valence-corrected chi connectivity index (χ0v) is 5.21. The Hall–Kier alpha value is 0.0500. The van der Waals surface area contributed by atoms with E-state index in [0.29, 0.717) is 5.75 Å². The standard InChI is InChI=1S/C4H5ClOS/c5-1-3-7-4-2-6/h1-3H,4H2/b3-1+. The van der Waals surface area contributed by atoms with E-state index in [4.69, 9.17) is 11.6 Å². The molecule has 40 valence electrons. The van der Waals surface area contributed by atoms with Gasteiger partial charge in [0.2, 0.25) is 0 Å². The van der Waals surface area contributed by atoms with Crippen LogP contribution in [0.5, 0.6) is 0 Å². The van der Waals surface area contributed by atoms with Crippen molar-refractivity contribution in [3.05, 3.63) is 10.9 Å². The topological polar surface area (TPSA) is 17.1 Å². The lowest BCUT2D eigenvalue weighted by atomic mass is 10.9. The number of rotatable bonds is 3. The third-order valence-corrected chi connectivity index (χ3v) is 1.24. The molecular formula is C4H5ClOS. The Bertz CT molecular complexity index is 72.1. The molecule has 0 aliphatic heterocycles. The average Bonchev–Trinajstić information content (AvgIpc) is 1.69. The van der Waals surface area contributed by atoms with Crippen LogP contribution in [0.15, 0.2) is 10.9 Å². The molecule has 0 saturated heterocycles. The van der Waals surface area contributed by atoms with Crippen molar-refractivity contribution in [2.24, 2.45) is 0 Å². The summed E-state index contributed by atoms with van der Waals surface area (Å²) in [6.07, 6.45) is 0.835. The van der Waals surface area contributed by atoms with E-state index in [1.807, 2.05) is 0 Å². The van der Waals surface area contributed by atoms with Gasteiger partial charge in [-0.2, -0.15) is 0 Å². The van der Waals surface area contributed by atoms with Crippen LogP contribution in [0.3, 0.4) is 0 Å². The van der Waals surface area contributed by atoms with Crippen molar-refractivity contribution in [1.82, 2.24) is 0 Å². The Morgan fingerprint density at radius 3 is 2.86 bits per heavy atom. The lowest BCUT2D eigenvalue weighted by Gasteiger charge is -1.75. The van der Waals surface area contributed by atoms with Crippen LogP contribution in [0.1, 0.15) is 0 Å². The van der Waals surface area contributed by atoms with E-state index in [1.54, 1.807) is 5.41 Å². The third-order valence-electron chi connectivity index (χ3n) is 0.312. The molecule has 0 bridgehead atoms. The van der Waals surface area contributed by atoms with Crippen molar-refractivity contribution >= 4 is 29.6 Å². The highest BCUT2D eigenvalue weighted by Gasteiger charge is 1.72. The van der Waals surface area contributed by atoms with Crippen molar-refractivity contribution in [2.45, 2.75) is 0 Å². The number of thioether (sulfide) groups is 1. The maximum absolute atomic E-state index is 9.58. The molecule has 0 aromatic heterocycles. The predicted molar refractivity (Wildman–Crippen MR) is 33.5 cm³/mol. The maximum atomic E-state index is 9.58. The number of carbonyl (C=O) groups is 1. The van der Waals surface area contributed by atoms with Crippen molar-refractivity contribution in [3.8, 4) is 0 Å². The highest BCUT2D eigenvalue weighted by Crippen LogP contribution is 1.98. The van der Waals surface area contributed by atoms with Gasteiger partial charge in [0.1, 0.15) is 6.29 Å². The molecule has 0 aromatic rings. The molecule has 1 nitrogen and oxygen atoms in total. The van der Waals surface area contributed by atoms with Gasteiger partial charge in [0.25, 0.3) is 0 Å². The second-order valence-corrected chi connectivity index (χ2v) is 1.95. The molecule has 3 heteroatoms. The van der Waals surface area contributed by atoms with Gasteiger partial charge >= 0.3 is 0 Å². The molecule has 0 rings (SSSR count). The molecule has 0 heterocycles. The van der Waals surface area contributed by atoms with Crippen LogP contribution >= 0.6 is 23.4 Å². The normalized spacial score (nSPS) is 9.86. The molecule has 0 unspecified atom stereocenters. The summed E-state index contributed by atoms with van der Waals surface area (Å²) in [4.78, 5) is 9.58. The summed E-state index contributed by atoms with van der Waals surface area (Å²) in [6, 6.07) is 0. The fraction of sp³-hybridized carbons (Fsp3) is 0.250. The molecule has 0 atom stereocenters. The number of hydrogen-bond acceptors (Lipinski definition) is 2. The molecule has 0 saturated carbocycles. The summed E-state index contributed by atoms with van der Waals surface area (Å²) in [5, 5.41) is 1.66. The molecule has 0 radical (unpaired) electrons. The van der Waals surface area contributed by atoms with E-state index >= 15 is 0 Å². The van der Waals surface area contributed by atoms with Gasteiger partial charge in [-0.15, -0.1) is 11.8 Å². The highest BCUT2D eigenvalue weighted by atomic mass is 35.5. The van der Waals surface area contributed by atoms with Crippen LogP contribution in [0.25, 0.3) is 0 Å². The van der Waals surface area contributed by atoms with E-state index in [1.165, 1.54) is 17.3 Å². The monoisotopic (exact) mass is 136 g/mol. The Morgan fingerprint density at radius 2 is 2.43 bits per heavy atom. The van der Waals surface area contributed by atoms with E-state index in [0.717, 1.165) is 6.29 Å². The van der Waals surface area contributed by atoms with Gasteiger partial charge in [0.15, 0.2) is 0 Å². The maximum Gasteiger partial charge on any atom is 0.130 e. The minimum atomic E-state index is 0.489. The fourth-order valence-corrected chi connectivity index (χ4v) is 0.612. The van der Waals surface area contributed by atoms with E-state index < -0.39 is 0 Å². The summed E-state index contributed by atoms with van der Waals surface area (Å²) in [5.41, 5.74) is 1.38. The van der Waals surface area contributed by atoms with Gasteiger partial charge in [-0.1, -0.05) is 11.6 Å². The Morgan fingerprint density at radius 1 is 1.71 bits per heavy atom. The van der Waals surface area contributed by atoms with Crippen LogP contribution in [-0.4, -0.2) is 12.0 Å². The first-order valence-corrected chi connectivity index (χ1v) is 3.21. The summed E-state index contributed by atoms with van der Waals surface area (Å²) >= 11 is 6.49. The molecule has 0 fully saturated rings. The molecule has 0 aliphatic rings. The first kappa shape index (κ1) is 7.05.